The summed E-state index contributed by atoms with van der Waals surface area (Å²) in [6.07, 6.45) is 3.79. The quantitative estimate of drug-likeness (QED) is 0.212. The minimum atomic E-state index is -0.816. The third kappa shape index (κ3) is 8.20. The van der Waals surface area contributed by atoms with Crippen LogP contribution < -0.4 is 16.0 Å². The first kappa shape index (κ1) is 36.0. The number of likely N-dealkylation sites (tertiary alicyclic amines) is 2. The molecular formula is C39H43N7O6. The van der Waals surface area contributed by atoms with Crippen LogP contribution in [0.25, 0.3) is 22.0 Å². The number of nitrogens with zero attached hydrogens (tertiary/aromatic N) is 4. The molecule has 0 bridgehead atoms. The molecule has 0 saturated carbocycles. The molecule has 2 aliphatic heterocycles. The predicted octanol–water partition coefficient (Wildman–Crippen LogP) is 4.78. The number of carbonyl (C=O) groups excluding carboxylic acids is 5. The number of benzene rings is 2. The van der Waals surface area contributed by atoms with E-state index in [1.807, 2.05) is 74.5 Å². The fraction of sp³-hybridized carbons (Fsp3) is 0.359. The van der Waals surface area contributed by atoms with E-state index in [-0.39, 0.29) is 36.0 Å². The number of ether oxygens (including phenoxy) is 1. The van der Waals surface area contributed by atoms with Crippen molar-refractivity contribution in [3.63, 3.8) is 0 Å². The minimum Gasteiger partial charge on any atom is -0.453 e. The zero-order valence-corrected chi connectivity index (χ0v) is 29.5. The number of fused-ring (bicyclic) bond motifs is 1. The van der Waals surface area contributed by atoms with Crippen molar-refractivity contribution in [3.8, 4) is 11.1 Å². The first-order valence-electron chi connectivity index (χ1n) is 17.6. The number of hydrogen-bond acceptors (Lipinski definition) is 8. The Morgan fingerprint density at radius 1 is 0.808 bits per heavy atom. The van der Waals surface area contributed by atoms with Gasteiger partial charge in [-0.05, 0) is 79.1 Å². The summed E-state index contributed by atoms with van der Waals surface area (Å²) >= 11 is 0. The summed E-state index contributed by atoms with van der Waals surface area (Å²) in [6.45, 7) is 4.61. The maximum Gasteiger partial charge on any atom is 0.407 e. The molecule has 270 valence electrons. The van der Waals surface area contributed by atoms with Gasteiger partial charge in [-0.3, -0.25) is 19.2 Å². The SMILES string of the molecule is COC(=O)NC(C(=O)N1CCCC1C(=O)Nc1ccc2cc(-c3ccc(NC(=O)C4CCCN4C(=O)Cc4ccccc4)nc3)ccc2n1)C(C)C. The van der Waals surface area contributed by atoms with Crippen LogP contribution in [0.2, 0.25) is 0 Å². The highest BCUT2D eigenvalue weighted by molar-refractivity contribution is 5.99. The highest BCUT2D eigenvalue weighted by Crippen LogP contribution is 2.27. The Morgan fingerprint density at radius 3 is 2.13 bits per heavy atom. The van der Waals surface area contributed by atoms with Crippen LogP contribution in [0.5, 0.6) is 0 Å². The van der Waals surface area contributed by atoms with Crippen molar-refractivity contribution in [1.82, 2.24) is 25.1 Å². The summed E-state index contributed by atoms with van der Waals surface area (Å²) in [6, 6.07) is 20.4. The molecule has 2 aliphatic rings. The molecule has 0 radical (unpaired) electrons. The zero-order chi connectivity index (χ0) is 36.8. The monoisotopic (exact) mass is 705 g/mol. The van der Waals surface area contributed by atoms with E-state index >= 15 is 0 Å². The van der Waals surface area contributed by atoms with Gasteiger partial charge >= 0.3 is 6.09 Å². The van der Waals surface area contributed by atoms with Crippen LogP contribution in [0.3, 0.4) is 0 Å². The van der Waals surface area contributed by atoms with Gasteiger partial charge in [-0.25, -0.2) is 14.8 Å². The molecule has 0 aliphatic carbocycles. The second kappa shape index (κ2) is 16.0. The van der Waals surface area contributed by atoms with Crippen LogP contribution in [0.1, 0.15) is 45.1 Å². The van der Waals surface area contributed by atoms with Gasteiger partial charge in [0.2, 0.25) is 23.6 Å². The summed E-state index contributed by atoms with van der Waals surface area (Å²) in [4.78, 5) is 77.0. The number of amides is 5. The van der Waals surface area contributed by atoms with Crippen molar-refractivity contribution < 1.29 is 28.7 Å². The van der Waals surface area contributed by atoms with Crippen molar-refractivity contribution in [1.29, 1.82) is 0 Å². The number of carbonyl (C=O) groups is 5. The Bertz CT molecular complexity index is 1950. The third-order valence-corrected chi connectivity index (χ3v) is 9.59. The van der Waals surface area contributed by atoms with E-state index in [9.17, 15) is 24.0 Å². The molecule has 6 rings (SSSR count). The fourth-order valence-electron chi connectivity index (χ4n) is 6.82. The first-order valence-corrected chi connectivity index (χ1v) is 17.6. The van der Waals surface area contributed by atoms with Crippen LogP contribution in [-0.2, 0) is 30.3 Å². The molecule has 0 spiro atoms. The average molecular weight is 706 g/mol. The fourth-order valence-corrected chi connectivity index (χ4v) is 6.82. The highest BCUT2D eigenvalue weighted by atomic mass is 16.5. The molecule has 2 aromatic carbocycles. The van der Waals surface area contributed by atoms with Gasteiger partial charge < -0.3 is 30.5 Å². The molecule has 3 atom stereocenters. The second-order valence-electron chi connectivity index (χ2n) is 13.5. The number of hydrogen-bond donors (Lipinski definition) is 3. The molecule has 3 N–H and O–H groups in total. The molecule has 4 aromatic rings. The van der Waals surface area contributed by atoms with Crippen molar-refractivity contribution in [2.24, 2.45) is 5.92 Å². The Balaban J connectivity index is 1.07. The van der Waals surface area contributed by atoms with E-state index < -0.39 is 24.2 Å². The van der Waals surface area contributed by atoms with Crippen LogP contribution in [0.4, 0.5) is 16.4 Å². The summed E-state index contributed by atoms with van der Waals surface area (Å²) in [7, 11) is 1.24. The topological polar surface area (TPSA) is 163 Å². The molecule has 2 fully saturated rings. The number of nitrogens with one attached hydrogen (secondary N) is 3. The molecule has 13 heteroatoms. The van der Waals surface area contributed by atoms with Gasteiger partial charge in [0.1, 0.15) is 29.8 Å². The summed E-state index contributed by atoms with van der Waals surface area (Å²) in [5.74, 6) is -0.412. The van der Waals surface area contributed by atoms with Crippen LogP contribution in [0.15, 0.2) is 79.0 Å². The molecule has 2 aromatic heterocycles. The average Bonchev–Trinajstić information content (AvgIpc) is 3.85. The molecule has 52 heavy (non-hydrogen) atoms. The van der Waals surface area contributed by atoms with Crippen molar-refractivity contribution in [3.05, 3.63) is 84.6 Å². The van der Waals surface area contributed by atoms with E-state index in [4.69, 9.17) is 0 Å². The zero-order valence-electron chi connectivity index (χ0n) is 29.5. The van der Waals surface area contributed by atoms with Gasteiger partial charge in [0.25, 0.3) is 0 Å². The first-order chi connectivity index (χ1) is 25.1. The second-order valence-corrected chi connectivity index (χ2v) is 13.5. The number of anilines is 2. The van der Waals surface area contributed by atoms with Crippen molar-refractivity contribution in [2.45, 2.75) is 64.1 Å². The van der Waals surface area contributed by atoms with Gasteiger partial charge in [0.15, 0.2) is 0 Å². The molecule has 2 saturated heterocycles. The number of alkyl carbamates (subject to hydrolysis) is 1. The number of methoxy groups -OCH3 is 1. The summed E-state index contributed by atoms with van der Waals surface area (Å²) < 4.78 is 4.68. The van der Waals surface area contributed by atoms with E-state index in [0.29, 0.717) is 49.5 Å². The lowest BCUT2D eigenvalue weighted by molar-refractivity contribution is -0.139. The third-order valence-electron chi connectivity index (χ3n) is 9.59. The number of rotatable bonds is 10. The van der Waals surface area contributed by atoms with Gasteiger partial charge in [0.05, 0.1) is 19.0 Å². The lowest BCUT2D eigenvalue weighted by atomic mass is 10.0. The number of aromatic nitrogens is 2. The maximum atomic E-state index is 13.4. The lowest BCUT2D eigenvalue weighted by Gasteiger charge is -2.30. The van der Waals surface area contributed by atoms with E-state index in [1.54, 1.807) is 23.2 Å². The van der Waals surface area contributed by atoms with Gasteiger partial charge in [-0.1, -0.05) is 50.2 Å². The normalized spacial score (nSPS) is 17.5. The minimum absolute atomic E-state index is 0.0639. The molecule has 13 nitrogen and oxygen atoms in total. The van der Waals surface area contributed by atoms with E-state index in [1.165, 1.54) is 12.0 Å². The maximum absolute atomic E-state index is 13.4. The van der Waals surface area contributed by atoms with E-state index in [0.717, 1.165) is 28.5 Å². The standard InChI is InChI=1S/C39H43N7O6/c1-24(2)35(44-39(51)52-3)38(50)46-20-8-12-31(46)37(49)43-33-18-14-27-22-26(13-16-29(27)41-33)28-15-17-32(40-23-28)42-36(48)30-11-7-19-45(30)34(47)21-25-9-5-4-6-10-25/h4-6,9-10,13-18,22-24,30-31,35H,7-8,11-12,19-21H2,1-3H3,(H,44,51)(H,40,42,48)(H,41,43,49). The smallest absolute Gasteiger partial charge is 0.407 e. The largest absolute Gasteiger partial charge is 0.453 e. The number of pyridine rings is 2. The van der Waals surface area contributed by atoms with Crippen LogP contribution in [-0.4, -0.2) is 87.8 Å². The highest BCUT2D eigenvalue weighted by Gasteiger charge is 2.39. The Kier molecular flexibility index (Phi) is 11.1. The Labute approximate surface area is 302 Å². The van der Waals surface area contributed by atoms with Gasteiger partial charge in [0, 0.05) is 30.2 Å². The van der Waals surface area contributed by atoms with Crippen LogP contribution >= 0.6 is 0 Å². The van der Waals surface area contributed by atoms with Crippen molar-refractivity contribution >= 4 is 52.3 Å². The van der Waals surface area contributed by atoms with E-state index in [2.05, 4.69) is 30.7 Å². The predicted molar refractivity (Wildman–Crippen MR) is 196 cm³/mol. The molecular weight excluding hydrogens is 662 g/mol. The Morgan fingerprint density at radius 2 is 1.46 bits per heavy atom. The molecule has 4 heterocycles. The molecule has 3 unspecified atom stereocenters. The lowest BCUT2D eigenvalue weighted by Crippen LogP contribution is -2.54. The van der Waals surface area contributed by atoms with Crippen LogP contribution in [0, 0.1) is 5.92 Å². The van der Waals surface area contributed by atoms with Crippen molar-refractivity contribution in [2.75, 3.05) is 30.8 Å². The van der Waals surface area contributed by atoms with Gasteiger partial charge in [-0.15, -0.1) is 0 Å². The molecule has 5 amide bonds. The summed E-state index contributed by atoms with van der Waals surface area (Å²) in [5, 5.41) is 9.19. The van der Waals surface area contributed by atoms with Gasteiger partial charge in [-0.2, -0.15) is 0 Å². The summed E-state index contributed by atoms with van der Waals surface area (Å²) in [5.41, 5.74) is 3.32. The Hall–Kier alpha value is -5.85.